The van der Waals surface area contributed by atoms with Gasteiger partial charge >= 0.3 is 0 Å². The number of H-pyrrole nitrogens is 1. The molecule has 1 aliphatic rings. The van der Waals surface area contributed by atoms with Crippen molar-refractivity contribution in [3.63, 3.8) is 0 Å². The number of nitrogens with zero attached hydrogens (tertiary/aromatic N) is 2. The van der Waals surface area contributed by atoms with Crippen LogP contribution in [-0.4, -0.2) is 26.1 Å². The summed E-state index contributed by atoms with van der Waals surface area (Å²) < 4.78 is 6.11. The highest BCUT2D eigenvalue weighted by Gasteiger charge is 2.42. The van der Waals surface area contributed by atoms with Crippen molar-refractivity contribution in [2.45, 2.75) is 19.5 Å². The zero-order valence-electron chi connectivity index (χ0n) is 20.6. The molecular weight excluding hydrogens is 498 g/mol. The minimum atomic E-state index is -0.467. The van der Waals surface area contributed by atoms with E-state index >= 15 is 0 Å². The lowest BCUT2D eigenvalue weighted by molar-refractivity contribution is 0.0730. The second kappa shape index (κ2) is 9.72. The van der Waals surface area contributed by atoms with E-state index in [1.165, 1.54) is 6.07 Å². The number of hydrogen-bond acceptors (Lipinski definition) is 4. The molecule has 38 heavy (non-hydrogen) atoms. The largest absolute Gasteiger partial charge is 0.507 e. The highest BCUT2D eigenvalue weighted by molar-refractivity contribution is 6.31. The molecule has 2 N–H and O–H groups in total. The van der Waals surface area contributed by atoms with Crippen molar-refractivity contribution in [2.75, 3.05) is 0 Å². The molecule has 0 aliphatic carbocycles. The monoisotopic (exact) mass is 521 g/mol. The molecule has 6 rings (SSSR count). The van der Waals surface area contributed by atoms with E-state index in [1.54, 1.807) is 12.1 Å². The summed E-state index contributed by atoms with van der Waals surface area (Å²) in [6.45, 7) is 2.43. The molecule has 0 spiro atoms. The van der Waals surface area contributed by atoms with Crippen LogP contribution in [-0.2, 0) is 6.54 Å². The number of carbonyl (C=O) groups is 1. The summed E-state index contributed by atoms with van der Waals surface area (Å²) in [7, 11) is 0. The van der Waals surface area contributed by atoms with Crippen LogP contribution in [0.5, 0.6) is 17.2 Å². The van der Waals surface area contributed by atoms with Gasteiger partial charge in [0, 0.05) is 22.7 Å². The normalized spacial score (nSPS) is 14.5. The summed E-state index contributed by atoms with van der Waals surface area (Å²) in [5.41, 5.74) is 5.05. The number of aromatic amines is 1. The van der Waals surface area contributed by atoms with E-state index in [0.717, 1.165) is 22.4 Å². The van der Waals surface area contributed by atoms with Crippen LogP contribution in [0.15, 0.2) is 97.1 Å². The fourth-order valence-electron chi connectivity index (χ4n) is 4.87. The Labute approximate surface area is 225 Å². The number of carbonyl (C=O) groups excluding carboxylic acids is 1. The number of aromatic hydroxyl groups is 1. The molecule has 188 valence electrons. The highest BCUT2D eigenvalue weighted by Crippen LogP contribution is 2.46. The Kier molecular flexibility index (Phi) is 6.10. The van der Waals surface area contributed by atoms with Gasteiger partial charge < -0.3 is 14.7 Å². The van der Waals surface area contributed by atoms with Crippen LogP contribution in [0.4, 0.5) is 0 Å². The van der Waals surface area contributed by atoms with Crippen LogP contribution >= 0.6 is 11.6 Å². The van der Waals surface area contributed by atoms with Gasteiger partial charge in [0.2, 0.25) is 0 Å². The molecule has 2 heterocycles. The van der Waals surface area contributed by atoms with E-state index in [9.17, 15) is 9.90 Å². The van der Waals surface area contributed by atoms with Crippen molar-refractivity contribution >= 4 is 17.5 Å². The van der Waals surface area contributed by atoms with Crippen LogP contribution in [0, 0.1) is 6.92 Å². The second-order valence-electron chi connectivity index (χ2n) is 9.33. The number of benzene rings is 4. The van der Waals surface area contributed by atoms with Gasteiger partial charge in [0.05, 0.1) is 6.04 Å². The molecule has 0 bridgehead atoms. The average molecular weight is 522 g/mol. The number of aromatic nitrogens is 2. The molecule has 1 unspecified atom stereocenters. The minimum absolute atomic E-state index is 0.0352. The van der Waals surface area contributed by atoms with Crippen molar-refractivity contribution in [1.29, 1.82) is 0 Å². The molecular formula is C31H24ClN3O3. The topological polar surface area (TPSA) is 78.5 Å². The van der Waals surface area contributed by atoms with Gasteiger partial charge in [-0.2, -0.15) is 5.10 Å². The quantitative estimate of drug-likeness (QED) is 0.246. The number of ether oxygens (including phenoxy) is 1. The maximum Gasteiger partial charge on any atom is 0.273 e. The molecule has 0 radical (unpaired) electrons. The van der Waals surface area contributed by atoms with Crippen LogP contribution < -0.4 is 4.74 Å². The van der Waals surface area contributed by atoms with E-state index in [4.69, 9.17) is 16.3 Å². The molecule has 1 atom stereocenters. The van der Waals surface area contributed by atoms with E-state index < -0.39 is 6.04 Å². The lowest BCUT2D eigenvalue weighted by atomic mass is 9.95. The first-order chi connectivity index (χ1) is 18.5. The predicted molar refractivity (Wildman–Crippen MR) is 147 cm³/mol. The fourth-order valence-corrected chi connectivity index (χ4v) is 5.04. The molecule has 5 aromatic rings. The number of halogens is 1. The van der Waals surface area contributed by atoms with Gasteiger partial charge in [-0.15, -0.1) is 0 Å². The highest BCUT2D eigenvalue weighted by atomic mass is 35.5. The van der Waals surface area contributed by atoms with Gasteiger partial charge in [0.15, 0.2) is 0 Å². The van der Waals surface area contributed by atoms with E-state index in [2.05, 4.69) is 10.2 Å². The molecule has 1 aromatic heterocycles. The predicted octanol–water partition coefficient (Wildman–Crippen LogP) is 7.28. The SMILES string of the molecule is Cc1ccc(CN2C(=O)c3[nH]nc(-c4cc(Cl)ccc4O)c3C2c2cccc(Oc3ccccc3)c2)cc1. The molecule has 4 aromatic carbocycles. The second-order valence-corrected chi connectivity index (χ2v) is 9.77. The number of phenols is 1. The fraction of sp³-hybridized carbons (Fsp3) is 0.0968. The number of nitrogens with one attached hydrogen (secondary N) is 1. The number of aryl methyl sites for hydroxylation is 1. The summed E-state index contributed by atoms with van der Waals surface area (Å²) in [6, 6.07) is 29.7. The molecule has 0 saturated carbocycles. The Morgan fingerprint density at radius 1 is 0.947 bits per heavy atom. The summed E-state index contributed by atoms with van der Waals surface area (Å²) >= 11 is 6.27. The molecule has 0 fully saturated rings. The molecule has 1 amide bonds. The Morgan fingerprint density at radius 3 is 2.50 bits per heavy atom. The standard InChI is InChI=1S/C31H24ClN3O3/c1-19-10-12-20(13-11-19)18-35-30(21-6-5-9-24(16-21)38-23-7-3-2-4-8-23)27-28(33-34-29(27)31(35)37)25-17-22(32)14-15-26(25)36/h2-17,30,36H,18H2,1H3,(H,33,34). The van der Waals surface area contributed by atoms with E-state index in [0.29, 0.717) is 39.8 Å². The van der Waals surface area contributed by atoms with Gasteiger partial charge in [-0.25, -0.2) is 0 Å². The van der Waals surface area contributed by atoms with Gasteiger partial charge in [-0.3, -0.25) is 9.89 Å². The Bertz CT molecular complexity index is 1630. The third-order valence-electron chi connectivity index (χ3n) is 6.70. The average Bonchev–Trinajstić information content (AvgIpc) is 3.46. The third-order valence-corrected chi connectivity index (χ3v) is 6.94. The maximum absolute atomic E-state index is 13.8. The summed E-state index contributed by atoms with van der Waals surface area (Å²) in [4.78, 5) is 15.6. The van der Waals surface area contributed by atoms with Gasteiger partial charge in [0.1, 0.15) is 28.6 Å². The number of phenolic OH excluding ortho intramolecular Hbond substituents is 1. The first kappa shape index (κ1) is 23.8. The zero-order valence-corrected chi connectivity index (χ0v) is 21.3. The van der Waals surface area contributed by atoms with Crippen LogP contribution in [0.2, 0.25) is 5.02 Å². The number of fused-ring (bicyclic) bond motifs is 1. The summed E-state index contributed by atoms with van der Waals surface area (Å²) in [5.74, 6) is 1.24. The van der Waals surface area contributed by atoms with Crippen LogP contribution in [0.25, 0.3) is 11.3 Å². The molecule has 0 saturated heterocycles. The van der Waals surface area contributed by atoms with Crippen LogP contribution in [0.1, 0.15) is 38.8 Å². The van der Waals surface area contributed by atoms with Gasteiger partial charge in [-0.05, 0) is 60.5 Å². The molecule has 7 heteroatoms. The zero-order chi connectivity index (χ0) is 26.2. The maximum atomic E-state index is 13.8. The minimum Gasteiger partial charge on any atom is -0.507 e. The number of hydrogen-bond donors (Lipinski definition) is 2. The van der Waals surface area contributed by atoms with Crippen molar-refractivity contribution in [3.8, 4) is 28.5 Å². The van der Waals surface area contributed by atoms with Crippen LogP contribution in [0.3, 0.4) is 0 Å². The van der Waals surface area contributed by atoms with Gasteiger partial charge in [0.25, 0.3) is 5.91 Å². The van der Waals surface area contributed by atoms with Crippen molar-refractivity contribution in [1.82, 2.24) is 15.1 Å². The molecule has 1 aliphatic heterocycles. The Morgan fingerprint density at radius 2 is 1.71 bits per heavy atom. The Hall–Kier alpha value is -4.55. The number of rotatable bonds is 6. The first-order valence-electron chi connectivity index (χ1n) is 12.2. The van der Waals surface area contributed by atoms with Gasteiger partial charge in [-0.1, -0.05) is 71.8 Å². The Balaban J connectivity index is 1.47. The summed E-state index contributed by atoms with van der Waals surface area (Å²) in [5, 5.41) is 18.5. The van der Waals surface area contributed by atoms with E-state index in [1.807, 2.05) is 90.7 Å². The first-order valence-corrected chi connectivity index (χ1v) is 12.6. The lowest BCUT2D eigenvalue weighted by Crippen LogP contribution is -2.29. The lowest BCUT2D eigenvalue weighted by Gasteiger charge is -2.27. The third kappa shape index (κ3) is 4.40. The van der Waals surface area contributed by atoms with E-state index in [-0.39, 0.29) is 11.7 Å². The molecule has 6 nitrogen and oxygen atoms in total. The summed E-state index contributed by atoms with van der Waals surface area (Å²) in [6.07, 6.45) is 0. The number of para-hydroxylation sites is 1. The smallest absolute Gasteiger partial charge is 0.273 e. The number of amides is 1. The van der Waals surface area contributed by atoms with Crippen molar-refractivity contribution in [2.24, 2.45) is 0 Å². The van der Waals surface area contributed by atoms with Crippen molar-refractivity contribution in [3.05, 3.63) is 130 Å². The van der Waals surface area contributed by atoms with Crippen molar-refractivity contribution < 1.29 is 14.6 Å².